The van der Waals surface area contributed by atoms with E-state index < -0.39 is 0 Å². The number of hydrogen-bond donors (Lipinski definition) is 1. The third-order valence-electron chi connectivity index (χ3n) is 5.12. The molecular weight excluding hydrogens is 222 g/mol. The van der Waals surface area contributed by atoms with Gasteiger partial charge in [0.25, 0.3) is 0 Å². The van der Waals surface area contributed by atoms with Gasteiger partial charge in [0.2, 0.25) is 0 Å². The second-order valence-electron chi connectivity index (χ2n) is 7.03. The molecule has 0 aromatic heterocycles. The highest BCUT2D eigenvalue weighted by atomic mass is 15.3. The lowest BCUT2D eigenvalue weighted by molar-refractivity contribution is 0.0328. The van der Waals surface area contributed by atoms with Crippen molar-refractivity contribution >= 4 is 0 Å². The standard InChI is InChI=1S/C15H31N3/c1-15(2)12-18(10-9-17(15)3)11-14(16)13-7-5-4-6-8-13/h13-14H,4-12,16H2,1-3H3. The van der Waals surface area contributed by atoms with E-state index in [0.29, 0.717) is 11.6 Å². The molecule has 1 heterocycles. The van der Waals surface area contributed by atoms with Crippen LogP contribution in [0.5, 0.6) is 0 Å². The Kier molecular flexibility index (Phi) is 4.68. The summed E-state index contributed by atoms with van der Waals surface area (Å²) in [6, 6.07) is 0.393. The van der Waals surface area contributed by atoms with E-state index in [-0.39, 0.29) is 0 Å². The predicted octanol–water partition coefficient (Wildman–Crippen LogP) is 1.92. The van der Waals surface area contributed by atoms with Crippen LogP contribution in [0.4, 0.5) is 0 Å². The molecule has 0 radical (unpaired) electrons. The van der Waals surface area contributed by atoms with Crippen molar-refractivity contribution in [1.82, 2.24) is 9.80 Å². The van der Waals surface area contributed by atoms with E-state index in [0.717, 1.165) is 19.0 Å². The lowest BCUT2D eigenvalue weighted by atomic mass is 9.84. The van der Waals surface area contributed by atoms with Gasteiger partial charge in [0.15, 0.2) is 0 Å². The maximum Gasteiger partial charge on any atom is 0.0277 e. The second kappa shape index (κ2) is 5.89. The lowest BCUT2D eigenvalue weighted by Crippen LogP contribution is -2.59. The van der Waals surface area contributed by atoms with E-state index in [9.17, 15) is 0 Å². The third-order valence-corrected chi connectivity index (χ3v) is 5.12. The van der Waals surface area contributed by atoms with Gasteiger partial charge in [0.05, 0.1) is 0 Å². The van der Waals surface area contributed by atoms with Crippen LogP contribution in [-0.4, -0.2) is 54.6 Å². The van der Waals surface area contributed by atoms with E-state index in [4.69, 9.17) is 5.73 Å². The Labute approximate surface area is 113 Å². The minimum atomic E-state index is 0.296. The average Bonchev–Trinajstić information content (AvgIpc) is 2.34. The van der Waals surface area contributed by atoms with Crippen molar-refractivity contribution in [1.29, 1.82) is 0 Å². The van der Waals surface area contributed by atoms with Crippen LogP contribution >= 0.6 is 0 Å². The van der Waals surface area contributed by atoms with Gasteiger partial charge in [-0.2, -0.15) is 0 Å². The van der Waals surface area contributed by atoms with Gasteiger partial charge in [-0.15, -0.1) is 0 Å². The largest absolute Gasteiger partial charge is 0.326 e. The highest BCUT2D eigenvalue weighted by Crippen LogP contribution is 2.27. The minimum absolute atomic E-state index is 0.296. The van der Waals surface area contributed by atoms with Crippen molar-refractivity contribution in [3.63, 3.8) is 0 Å². The Hall–Kier alpha value is -0.120. The Balaban J connectivity index is 1.82. The second-order valence-corrected chi connectivity index (χ2v) is 7.03. The molecule has 18 heavy (non-hydrogen) atoms. The first-order valence-corrected chi connectivity index (χ1v) is 7.68. The van der Waals surface area contributed by atoms with Gasteiger partial charge in [0.1, 0.15) is 0 Å². The normalized spacial score (nSPS) is 29.3. The lowest BCUT2D eigenvalue weighted by Gasteiger charge is -2.46. The van der Waals surface area contributed by atoms with Crippen LogP contribution in [0.3, 0.4) is 0 Å². The van der Waals surface area contributed by atoms with Crippen LogP contribution < -0.4 is 5.73 Å². The van der Waals surface area contributed by atoms with Gasteiger partial charge >= 0.3 is 0 Å². The van der Waals surface area contributed by atoms with Gasteiger partial charge < -0.3 is 5.73 Å². The van der Waals surface area contributed by atoms with Crippen molar-refractivity contribution in [3.8, 4) is 0 Å². The predicted molar refractivity (Wildman–Crippen MR) is 77.7 cm³/mol. The SMILES string of the molecule is CN1CCN(CC(N)C2CCCCC2)CC1(C)C. The number of piperazine rings is 1. The highest BCUT2D eigenvalue weighted by molar-refractivity contribution is 4.90. The Bertz CT molecular complexity index is 258. The van der Waals surface area contributed by atoms with E-state index in [1.807, 2.05) is 0 Å². The summed E-state index contributed by atoms with van der Waals surface area (Å²) < 4.78 is 0. The fraction of sp³-hybridized carbons (Fsp3) is 1.00. The molecule has 0 aromatic carbocycles. The Morgan fingerprint density at radius 2 is 1.83 bits per heavy atom. The van der Waals surface area contributed by atoms with Gasteiger partial charge in [-0.25, -0.2) is 0 Å². The first-order valence-electron chi connectivity index (χ1n) is 7.68. The smallest absolute Gasteiger partial charge is 0.0277 e. The van der Waals surface area contributed by atoms with Crippen LogP contribution in [-0.2, 0) is 0 Å². The minimum Gasteiger partial charge on any atom is -0.326 e. The monoisotopic (exact) mass is 253 g/mol. The number of likely N-dealkylation sites (N-methyl/N-ethyl adjacent to an activating group) is 1. The molecule has 2 N–H and O–H groups in total. The molecule has 3 nitrogen and oxygen atoms in total. The fourth-order valence-corrected chi connectivity index (χ4v) is 3.51. The molecule has 1 unspecified atom stereocenters. The topological polar surface area (TPSA) is 32.5 Å². The molecule has 1 saturated heterocycles. The zero-order valence-electron chi connectivity index (χ0n) is 12.5. The van der Waals surface area contributed by atoms with Crippen LogP contribution in [0.15, 0.2) is 0 Å². The molecule has 2 rings (SSSR count). The molecule has 3 heteroatoms. The summed E-state index contributed by atoms with van der Waals surface area (Å²) >= 11 is 0. The molecule has 2 fully saturated rings. The summed E-state index contributed by atoms with van der Waals surface area (Å²) in [7, 11) is 2.23. The van der Waals surface area contributed by atoms with Crippen LogP contribution in [0.2, 0.25) is 0 Å². The van der Waals surface area contributed by atoms with Crippen molar-refractivity contribution in [3.05, 3.63) is 0 Å². The van der Waals surface area contributed by atoms with Crippen LogP contribution in [0.1, 0.15) is 46.0 Å². The molecule has 1 saturated carbocycles. The molecule has 1 atom stereocenters. The third kappa shape index (κ3) is 3.46. The van der Waals surface area contributed by atoms with Crippen LogP contribution in [0.25, 0.3) is 0 Å². The van der Waals surface area contributed by atoms with Crippen molar-refractivity contribution in [2.75, 3.05) is 33.2 Å². The molecule has 2 aliphatic rings. The molecule has 1 aliphatic heterocycles. The number of rotatable bonds is 3. The molecule has 0 aromatic rings. The van der Waals surface area contributed by atoms with E-state index >= 15 is 0 Å². The molecule has 106 valence electrons. The summed E-state index contributed by atoms with van der Waals surface area (Å²) in [6.07, 6.45) is 6.93. The van der Waals surface area contributed by atoms with E-state index in [1.54, 1.807) is 0 Å². The molecule has 1 aliphatic carbocycles. The van der Waals surface area contributed by atoms with Gasteiger partial charge in [-0.1, -0.05) is 19.3 Å². The van der Waals surface area contributed by atoms with E-state index in [2.05, 4.69) is 30.7 Å². The zero-order chi connectivity index (χ0) is 13.2. The van der Waals surface area contributed by atoms with Gasteiger partial charge in [0, 0.05) is 37.8 Å². The highest BCUT2D eigenvalue weighted by Gasteiger charge is 2.32. The van der Waals surface area contributed by atoms with Gasteiger partial charge in [-0.3, -0.25) is 9.80 Å². The summed E-state index contributed by atoms with van der Waals surface area (Å²) in [5.41, 5.74) is 6.74. The molecule has 0 amide bonds. The van der Waals surface area contributed by atoms with Crippen molar-refractivity contribution < 1.29 is 0 Å². The Morgan fingerprint density at radius 1 is 1.17 bits per heavy atom. The van der Waals surface area contributed by atoms with Crippen LogP contribution in [0, 0.1) is 5.92 Å². The fourth-order valence-electron chi connectivity index (χ4n) is 3.51. The number of nitrogens with two attached hydrogens (primary N) is 1. The molecule has 0 spiro atoms. The van der Waals surface area contributed by atoms with Gasteiger partial charge in [-0.05, 0) is 39.7 Å². The quantitative estimate of drug-likeness (QED) is 0.834. The molecular formula is C15H31N3. The summed E-state index contributed by atoms with van der Waals surface area (Å²) in [5.74, 6) is 0.779. The maximum atomic E-state index is 6.45. The summed E-state index contributed by atoms with van der Waals surface area (Å²) in [6.45, 7) is 9.28. The number of nitrogens with zero attached hydrogens (tertiary/aromatic N) is 2. The van der Waals surface area contributed by atoms with Crippen molar-refractivity contribution in [2.45, 2.75) is 57.5 Å². The maximum absolute atomic E-state index is 6.45. The average molecular weight is 253 g/mol. The Morgan fingerprint density at radius 3 is 2.44 bits per heavy atom. The van der Waals surface area contributed by atoms with E-state index in [1.165, 1.54) is 45.2 Å². The first-order chi connectivity index (χ1) is 8.49. The zero-order valence-corrected chi connectivity index (χ0v) is 12.5. The summed E-state index contributed by atoms with van der Waals surface area (Å²) in [4.78, 5) is 5.05. The van der Waals surface area contributed by atoms with Crippen molar-refractivity contribution in [2.24, 2.45) is 11.7 Å². The summed E-state index contributed by atoms with van der Waals surface area (Å²) in [5, 5.41) is 0. The molecule has 0 bridgehead atoms. The first kappa shape index (κ1) is 14.3. The number of hydrogen-bond acceptors (Lipinski definition) is 3.